The zero-order valence-electron chi connectivity index (χ0n) is 19.7. The summed E-state index contributed by atoms with van der Waals surface area (Å²) in [5, 5.41) is 5.36. The molecule has 4 aromatic rings. The van der Waals surface area contributed by atoms with Crippen LogP contribution in [0, 0.1) is 12.7 Å². The minimum atomic E-state index is -1.28. The van der Waals surface area contributed by atoms with Crippen molar-refractivity contribution in [3.8, 4) is 11.3 Å². The molecule has 180 valence electrons. The maximum absolute atomic E-state index is 14.8. The Morgan fingerprint density at radius 3 is 2.39 bits per heavy atom. The van der Waals surface area contributed by atoms with Crippen molar-refractivity contribution >= 4 is 29.0 Å². The van der Waals surface area contributed by atoms with Crippen molar-refractivity contribution in [3.05, 3.63) is 108 Å². The number of furan rings is 1. The molecule has 0 saturated heterocycles. The van der Waals surface area contributed by atoms with Gasteiger partial charge in [0.25, 0.3) is 5.91 Å². The van der Waals surface area contributed by atoms with Crippen molar-refractivity contribution in [2.45, 2.75) is 13.1 Å². The van der Waals surface area contributed by atoms with E-state index in [-0.39, 0.29) is 11.3 Å². The number of hydrogen-bond donors (Lipinski definition) is 2. The maximum Gasteiger partial charge on any atom is 0.321 e. The third kappa shape index (κ3) is 4.36. The van der Waals surface area contributed by atoms with Gasteiger partial charge in [-0.25, -0.2) is 14.2 Å². The lowest BCUT2D eigenvalue weighted by atomic mass is 10.00. The molecule has 1 unspecified atom stereocenters. The van der Waals surface area contributed by atoms with Crippen LogP contribution < -0.4 is 15.5 Å². The summed E-state index contributed by atoms with van der Waals surface area (Å²) < 4.78 is 20.6. The number of nitrogens with one attached hydrogen (secondary N) is 2. The van der Waals surface area contributed by atoms with Gasteiger partial charge in [0, 0.05) is 29.8 Å². The summed E-state index contributed by atoms with van der Waals surface area (Å²) in [5.74, 6) is 0.173. The Balaban J connectivity index is 1.45. The number of carbonyl (C=O) groups is 2. The lowest BCUT2D eigenvalue weighted by Gasteiger charge is -2.20. The maximum atomic E-state index is 14.8. The molecule has 0 radical (unpaired) electrons. The highest BCUT2D eigenvalue weighted by Crippen LogP contribution is 2.30. The number of aliphatic imine (C=N–C) groups is 1. The van der Waals surface area contributed by atoms with Crippen LogP contribution in [0.3, 0.4) is 0 Å². The summed E-state index contributed by atoms with van der Waals surface area (Å²) >= 11 is 0. The highest BCUT2D eigenvalue weighted by molar-refractivity contribution is 6.20. The van der Waals surface area contributed by atoms with E-state index >= 15 is 0 Å². The Labute approximate surface area is 207 Å². The predicted molar refractivity (Wildman–Crippen MR) is 137 cm³/mol. The third-order valence-electron chi connectivity index (χ3n) is 5.96. The monoisotopic (exact) mass is 482 g/mol. The quantitative estimate of drug-likeness (QED) is 0.411. The van der Waals surface area contributed by atoms with Crippen LogP contribution in [-0.4, -0.2) is 30.9 Å². The molecule has 0 aliphatic carbocycles. The Bertz CT molecular complexity index is 1480. The van der Waals surface area contributed by atoms with Crippen molar-refractivity contribution in [2.75, 3.05) is 17.3 Å². The number of benzodiazepines with no additional fused rings is 1. The van der Waals surface area contributed by atoms with Gasteiger partial charge in [0.2, 0.25) is 6.17 Å². The van der Waals surface area contributed by atoms with E-state index in [2.05, 4.69) is 15.6 Å². The van der Waals surface area contributed by atoms with Gasteiger partial charge < -0.3 is 20.0 Å². The minimum absolute atomic E-state index is 0.235. The number of benzene rings is 3. The van der Waals surface area contributed by atoms with E-state index in [9.17, 15) is 14.0 Å². The fourth-order valence-corrected chi connectivity index (χ4v) is 4.12. The number of para-hydroxylation sites is 1. The number of fused-ring (bicyclic) bond motifs is 1. The molecule has 1 aliphatic rings. The van der Waals surface area contributed by atoms with Crippen molar-refractivity contribution in [2.24, 2.45) is 4.99 Å². The Morgan fingerprint density at radius 2 is 1.64 bits per heavy atom. The second kappa shape index (κ2) is 9.50. The van der Waals surface area contributed by atoms with Gasteiger partial charge in [-0.2, -0.15) is 0 Å². The Morgan fingerprint density at radius 1 is 0.972 bits per heavy atom. The Kier molecular flexibility index (Phi) is 6.08. The van der Waals surface area contributed by atoms with Crippen molar-refractivity contribution in [1.82, 2.24) is 5.32 Å². The van der Waals surface area contributed by atoms with Gasteiger partial charge in [-0.1, -0.05) is 60.7 Å². The van der Waals surface area contributed by atoms with Gasteiger partial charge in [0.15, 0.2) is 0 Å². The largest absolute Gasteiger partial charge is 0.459 e. The Hall–Kier alpha value is -4.72. The molecule has 8 heteroatoms. The fraction of sp³-hybridized carbons (Fsp3) is 0.107. The molecular weight excluding hydrogens is 459 g/mol. The molecule has 3 aromatic carbocycles. The van der Waals surface area contributed by atoms with Crippen LogP contribution in [-0.2, 0) is 4.79 Å². The zero-order chi connectivity index (χ0) is 25.2. The first kappa shape index (κ1) is 23.0. The van der Waals surface area contributed by atoms with E-state index in [4.69, 9.17) is 4.42 Å². The lowest BCUT2D eigenvalue weighted by Crippen LogP contribution is -2.47. The molecule has 36 heavy (non-hydrogen) atoms. The van der Waals surface area contributed by atoms with E-state index < -0.39 is 23.9 Å². The summed E-state index contributed by atoms with van der Waals surface area (Å²) in [6, 6.07) is 23.9. The molecule has 5 rings (SSSR count). The number of likely N-dealkylation sites (N-methyl/N-ethyl adjacent to an activating group) is 1. The second-order valence-electron chi connectivity index (χ2n) is 8.32. The molecule has 1 atom stereocenters. The van der Waals surface area contributed by atoms with Gasteiger partial charge in [0.1, 0.15) is 17.3 Å². The van der Waals surface area contributed by atoms with Crippen LogP contribution in [0.4, 0.5) is 20.6 Å². The molecule has 7 nitrogen and oxygen atoms in total. The first-order valence-corrected chi connectivity index (χ1v) is 11.4. The molecular formula is C28H23FN4O3. The fourth-order valence-electron chi connectivity index (χ4n) is 4.12. The van der Waals surface area contributed by atoms with E-state index in [0.717, 1.165) is 5.56 Å². The minimum Gasteiger partial charge on any atom is -0.459 e. The lowest BCUT2D eigenvalue weighted by molar-refractivity contribution is -0.119. The molecule has 2 heterocycles. The van der Waals surface area contributed by atoms with Crippen molar-refractivity contribution in [3.63, 3.8) is 0 Å². The second-order valence-corrected chi connectivity index (χ2v) is 8.32. The van der Waals surface area contributed by atoms with Gasteiger partial charge in [-0.05, 0) is 25.1 Å². The number of amides is 3. The molecule has 3 amide bonds. The van der Waals surface area contributed by atoms with E-state index in [1.165, 1.54) is 11.0 Å². The molecule has 1 aliphatic heterocycles. The predicted octanol–water partition coefficient (Wildman–Crippen LogP) is 5.36. The average molecular weight is 483 g/mol. The highest BCUT2D eigenvalue weighted by atomic mass is 19.1. The van der Waals surface area contributed by atoms with E-state index in [1.54, 1.807) is 62.5 Å². The molecule has 1 aromatic heterocycles. The summed E-state index contributed by atoms with van der Waals surface area (Å²) in [6.07, 6.45) is -1.28. The number of rotatable bonds is 4. The van der Waals surface area contributed by atoms with Gasteiger partial charge in [0.05, 0.1) is 17.1 Å². The van der Waals surface area contributed by atoms with Crippen LogP contribution in [0.2, 0.25) is 0 Å². The normalized spacial score (nSPS) is 15.1. The van der Waals surface area contributed by atoms with Gasteiger partial charge in [-0.3, -0.25) is 4.79 Å². The van der Waals surface area contributed by atoms with Crippen LogP contribution >= 0.6 is 0 Å². The molecule has 0 fully saturated rings. The average Bonchev–Trinajstić information content (AvgIpc) is 3.22. The van der Waals surface area contributed by atoms with Crippen LogP contribution in [0.1, 0.15) is 16.9 Å². The van der Waals surface area contributed by atoms with E-state index in [0.29, 0.717) is 28.5 Å². The highest BCUT2D eigenvalue weighted by Gasteiger charge is 2.31. The number of anilines is 2. The molecule has 0 spiro atoms. The number of hydrogen-bond acceptors (Lipinski definition) is 4. The van der Waals surface area contributed by atoms with Crippen LogP contribution in [0.25, 0.3) is 11.3 Å². The van der Waals surface area contributed by atoms with E-state index in [1.807, 2.05) is 30.3 Å². The molecule has 0 bridgehead atoms. The van der Waals surface area contributed by atoms with Crippen LogP contribution in [0.5, 0.6) is 0 Å². The number of urea groups is 1. The summed E-state index contributed by atoms with van der Waals surface area (Å²) in [7, 11) is 1.60. The zero-order valence-corrected chi connectivity index (χ0v) is 19.7. The van der Waals surface area contributed by atoms with Crippen molar-refractivity contribution in [1.29, 1.82) is 0 Å². The topological polar surface area (TPSA) is 86.9 Å². The summed E-state index contributed by atoms with van der Waals surface area (Å²) in [6.45, 7) is 1.73. The molecule has 2 N–H and O–H groups in total. The standard InChI is InChI=1S/C28H23FN4O3/c1-17-22(16-24(36-17)18-10-4-3-5-11-18)30-28(35)32-26-27(34)33(2)23-15-9-7-13-20(23)25(31-26)19-12-6-8-14-21(19)29/h3-16,26H,1-2H3,(H2,30,32,35). The summed E-state index contributed by atoms with van der Waals surface area (Å²) in [4.78, 5) is 32.2. The molecule has 0 saturated carbocycles. The van der Waals surface area contributed by atoms with Gasteiger partial charge in [-0.15, -0.1) is 0 Å². The number of nitrogens with zero attached hydrogens (tertiary/aromatic N) is 2. The van der Waals surface area contributed by atoms with Crippen molar-refractivity contribution < 1.29 is 18.4 Å². The smallest absolute Gasteiger partial charge is 0.321 e. The van der Waals surface area contributed by atoms with Crippen LogP contribution in [0.15, 0.2) is 94.3 Å². The first-order chi connectivity index (χ1) is 17.4. The number of carbonyl (C=O) groups excluding carboxylic acids is 2. The first-order valence-electron chi connectivity index (χ1n) is 11.4. The number of aryl methyl sites for hydroxylation is 1. The SMILES string of the molecule is Cc1oc(-c2ccccc2)cc1NC(=O)NC1N=C(c2ccccc2F)c2ccccc2N(C)C1=O. The summed E-state index contributed by atoms with van der Waals surface area (Å²) in [5.41, 5.74) is 2.98. The van der Waals surface area contributed by atoms with Gasteiger partial charge >= 0.3 is 6.03 Å². The third-order valence-corrected chi connectivity index (χ3v) is 5.96. The number of halogens is 1.